The third-order valence-corrected chi connectivity index (χ3v) is 4.49. The van der Waals surface area contributed by atoms with Gasteiger partial charge in [-0.05, 0) is 22.0 Å². The molecule has 1 N–H and O–H groups in total. The Morgan fingerprint density at radius 2 is 1.79 bits per heavy atom. The predicted molar refractivity (Wildman–Crippen MR) is 103 cm³/mol. The highest BCUT2D eigenvalue weighted by atomic mass is 16.5. The molecule has 0 bridgehead atoms. The van der Waals surface area contributed by atoms with Crippen LogP contribution in [0.1, 0.15) is 55.4 Å². The van der Waals surface area contributed by atoms with Crippen molar-refractivity contribution in [1.82, 2.24) is 0 Å². The lowest BCUT2D eigenvalue weighted by atomic mass is 9.81. The lowest BCUT2D eigenvalue weighted by Crippen LogP contribution is -2.31. The minimum Gasteiger partial charge on any atom is -0.388 e. The van der Waals surface area contributed by atoms with Crippen LogP contribution in [0.2, 0.25) is 0 Å². The number of aliphatic hydroxyl groups is 1. The number of aliphatic hydroxyl groups excluding tert-OH is 1. The van der Waals surface area contributed by atoms with Crippen LogP contribution in [-0.2, 0) is 9.47 Å². The van der Waals surface area contributed by atoms with Crippen molar-refractivity contribution < 1.29 is 14.6 Å². The van der Waals surface area contributed by atoms with Gasteiger partial charge in [-0.15, -0.1) is 0 Å². The van der Waals surface area contributed by atoms with Gasteiger partial charge in [0.1, 0.15) is 0 Å². The normalized spacial score (nSPS) is 24.2. The van der Waals surface area contributed by atoms with Crippen LogP contribution < -0.4 is 0 Å². The first-order chi connectivity index (χ1) is 10.7. The molecule has 1 aliphatic rings. The molecule has 0 spiro atoms. The Bertz CT molecular complexity index is 412. The van der Waals surface area contributed by atoms with Crippen LogP contribution in [-0.4, -0.2) is 37.6 Å². The maximum absolute atomic E-state index is 9.90. The quantitative estimate of drug-likeness (QED) is 0.743. The van der Waals surface area contributed by atoms with E-state index in [9.17, 15) is 5.11 Å². The van der Waals surface area contributed by atoms with Crippen molar-refractivity contribution in [2.24, 2.45) is 22.7 Å². The van der Waals surface area contributed by atoms with Crippen molar-refractivity contribution in [3.8, 4) is 0 Å². The summed E-state index contributed by atoms with van der Waals surface area (Å²) in [6.07, 6.45) is -0.199. The molecule has 0 aromatic rings. The van der Waals surface area contributed by atoms with E-state index in [2.05, 4.69) is 40.9 Å². The molecule has 1 heterocycles. The minimum atomic E-state index is -0.461. The van der Waals surface area contributed by atoms with E-state index in [4.69, 9.17) is 9.47 Å². The molecule has 1 rings (SSSR count). The highest BCUT2D eigenvalue weighted by Gasteiger charge is 2.35. The zero-order valence-electron chi connectivity index (χ0n) is 17.4. The molecule has 0 radical (unpaired) electrons. The lowest BCUT2D eigenvalue weighted by Gasteiger charge is -2.30. The summed E-state index contributed by atoms with van der Waals surface area (Å²) in [6, 6.07) is 0. The molecular formula is C21H40O3. The summed E-state index contributed by atoms with van der Waals surface area (Å²) in [5.74, 6) is 0.749. The molecule has 0 aromatic carbocycles. The van der Waals surface area contributed by atoms with Crippen molar-refractivity contribution in [3.63, 3.8) is 0 Å². The molecule has 1 saturated heterocycles. The molecule has 4 unspecified atom stereocenters. The van der Waals surface area contributed by atoms with Crippen LogP contribution in [0, 0.1) is 22.7 Å². The Hall–Kier alpha value is -0.640. The topological polar surface area (TPSA) is 38.7 Å². The molecule has 1 aliphatic heterocycles. The number of rotatable bonds is 4. The molecule has 4 atom stereocenters. The number of hydrogen-bond donors (Lipinski definition) is 1. The van der Waals surface area contributed by atoms with Crippen LogP contribution in [0.15, 0.2) is 24.3 Å². The van der Waals surface area contributed by atoms with Crippen LogP contribution in [0.4, 0.5) is 0 Å². The third-order valence-electron chi connectivity index (χ3n) is 4.49. The number of methoxy groups -OCH3 is 1. The van der Waals surface area contributed by atoms with Gasteiger partial charge in [-0.1, -0.05) is 68.5 Å². The standard InChI is InChI=1S/C11H22O2.C10H18O/c1-8(7-13-6)9(2)10(12)11(3,4)5;1-7-6-11-9(8(7)2)10(3,4)5/h8,10,12H,2,7H2,1,3-6H3;7,9H,2,6H2,1,3-5H3. The smallest absolute Gasteiger partial charge is 0.0834 e. The van der Waals surface area contributed by atoms with Gasteiger partial charge in [0.05, 0.1) is 25.4 Å². The van der Waals surface area contributed by atoms with E-state index >= 15 is 0 Å². The Balaban J connectivity index is 0.000000446. The fraction of sp³-hybridized carbons (Fsp3) is 0.810. The third kappa shape index (κ3) is 7.08. The van der Waals surface area contributed by atoms with Crippen molar-refractivity contribution in [2.45, 2.75) is 67.6 Å². The van der Waals surface area contributed by atoms with Gasteiger partial charge < -0.3 is 14.6 Å². The SMILES string of the molecule is C=C(C(C)COC)C(O)C(C)(C)C.C=C1C(C)COC1C(C)(C)C. The van der Waals surface area contributed by atoms with E-state index in [1.54, 1.807) is 7.11 Å². The van der Waals surface area contributed by atoms with Gasteiger partial charge in [0.2, 0.25) is 0 Å². The molecular weight excluding hydrogens is 300 g/mol. The molecule has 0 saturated carbocycles. The number of hydrogen-bond acceptors (Lipinski definition) is 3. The molecule has 0 amide bonds. The lowest BCUT2D eigenvalue weighted by molar-refractivity contribution is 0.0423. The molecule has 24 heavy (non-hydrogen) atoms. The second kappa shape index (κ2) is 9.17. The van der Waals surface area contributed by atoms with Gasteiger partial charge in [0.25, 0.3) is 0 Å². The fourth-order valence-electron chi connectivity index (χ4n) is 2.70. The molecule has 0 aliphatic carbocycles. The van der Waals surface area contributed by atoms with Crippen LogP contribution >= 0.6 is 0 Å². The largest absolute Gasteiger partial charge is 0.388 e. The van der Waals surface area contributed by atoms with Crippen molar-refractivity contribution in [2.75, 3.05) is 20.3 Å². The maximum Gasteiger partial charge on any atom is 0.0834 e. The Morgan fingerprint density at radius 1 is 1.29 bits per heavy atom. The Labute approximate surface area is 150 Å². The summed E-state index contributed by atoms with van der Waals surface area (Å²) >= 11 is 0. The molecule has 3 nitrogen and oxygen atoms in total. The van der Waals surface area contributed by atoms with E-state index in [1.807, 2.05) is 27.7 Å². The molecule has 1 fully saturated rings. The summed E-state index contributed by atoms with van der Waals surface area (Å²) in [7, 11) is 1.66. The van der Waals surface area contributed by atoms with Gasteiger partial charge in [-0.3, -0.25) is 0 Å². The number of ether oxygens (including phenoxy) is 2. The van der Waals surface area contributed by atoms with E-state index in [0.717, 1.165) is 12.2 Å². The second-order valence-electron chi connectivity index (χ2n) is 9.26. The first kappa shape index (κ1) is 23.4. The van der Waals surface area contributed by atoms with Crippen molar-refractivity contribution >= 4 is 0 Å². The van der Waals surface area contributed by atoms with Gasteiger partial charge in [0, 0.05) is 18.9 Å². The van der Waals surface area contributed by atoms with E-state index in [-0.39, 0.29) is 22.9 Å². The first-order valence-corrected chi connectivity index (χ1v) is 8.89. The Kier molecular flexibility index (Phi) is 8.92. The van der Waals surface area contributed by atoms with Gasteiger partial charge in [-0.2, -0.15) is 0 Å². The minimum absolute atomic E-state index is 0.140. The van der Waals surface area contributed by atoms with Crippen molar-refractivity contribution in [1.29, 1.82) is 0 Å². The van der Waals surface area contributed by atoms with Crippen LogP contribution in [0.3, 0.4) is 0 Å². The van der Waals surface area contributed by atoms with Gasteiger partial charge in [-0.25, -0.2) is 0 Å². The van der Waals surface area contributed by atoms with E-state index < -0.39 is 6.10 Å². The maximum atomic E-state index is 9.90. The highest BCUT2D eigenvalue weighted by Crippen LogP contribution is 2.36. The van der Waals surface area contributed by atoms with Gasteiger partial charge >= 0.3 is 0 Å². The summed E-state index contributed by atoms with van der Waals surface area (Å²) in [5, 5.41) is 9.90. The van der Waals surface area contributed by atoms with Crippen LogP contribution in [0.5, 0.6) is 0 Å². The molecule has 142 valence electrons. The Morgan fingerprint density at radius 3 is 2.04 bits per heavy atom. The second-order valence-corrected chi connectivity index (χ2v) is 9.26. The zero-order chi connectivity index (χ0) is 19.3. The van der Waals surface area contributed by atoms with E-state index in [0.29, 0.717) is 12.5 Å². The van der Waals surface area contributed by atoms with Crippen molar-refractivity contribution in [3.05, 3.63) is 24.3 Å². The average Bonchev–Trinajstić information content (AvgIpc) is 2.77. The predicted octanol–water partition coefficient (Wildman–Crippen LogP) is 4.86. The van der Waals surface area contributed by atoms with Crippen LogP contribution in [0.25, 0.3) is 0 Å². The monoisotopic (exact) mass is 340 g/mol. The summed E-state index contributed by atoms with van der Waals surface area (Å²) < 4.78 is 10.7. The van der Waals surface area contributed by atoms with E-state index in [1.165, 1.54) is 5.57 Å². The summed E-state index contributed by atoms with van der Waals surface area (Å²) in [4.78, 5) is 0. The fourth-order valence-corrected chi connectivity index (χ4v) is 2.70. The molecule has 0 aromatic heterocycles. The zero-order valence-corrected chi connectivity index (χ0v) is 17.4. The summed E-state index contributed by atoms with van der Waals surface area (Å²) in [5.41, 5.74) is 2.19. The molecule has 3 heteroatoms. The van der Waals surface area contributed by atoms with Gasteiger partial charge in [0.15, 0.2) is 0 Å². The average molecular weight is 341 g/mol. The first-order valence-electron chi connectivity index (χ1n) is 8.89. The highest BCUT2D eigenvalue weighted by molar-refractivity contribution is 5.14. The summed E-state index contributed by atoms with van der Waals surface area (Å²) in [6.45, 7) is 26.2.